The van der Waals surface area contributed by atoms with Crippen molar-refractivity contribution in [2.75, 3.05) is 0 Å². The second kappa shape index (κ2) is 13.9. The van der Waals surface area contributed by atoms with Gasteiger partial charge in [0.05, 0.1) is 16.7 Å². The zero-order chi connectivity index (χ0) is 34.3. The summed E-state index contributed by atoms with van der Waals surface area (Å²) < 4.78 is 2.37. The van der Waals surface area contributed by atoms with Crippen LogP contribution in [0.5, 0.6) is 5.75 Å². The van der Waals surface area contributed by atoms with Crippen LogP contribution in [0, 0.1) is 13.0 Å². The summed E-state index contributed by atoms with van der Waals surface area (Å²) in [4.78, 5) is 9.95. The molecule has 0 aliphatic rings. The molecule has 0 aliphatic heterocycles. The van der Waals surface area contributed by atoms with Crippen molar-refractivity contribution in [2.45, 2.75) is 6.92 Å². The van der Waals surface area contributed by atoms with Crippen molar-refractivity contribution >= 4 is 21.8 Å². The molecular weight excluding hydrogens is 818 g/mol. The van der Waals surface area contributed by atoms with E-state index in [-0.39, 0.29) is 26.8 Å². The topological polar surface area (TPSA) is 50.9 Å². The van der Waals surface area contributed by atoms with E-state index in [1.54, 1.807) is 6.07 Å². The Labute approximate surface area is 317 Å². The molecule has 1 N–H and O–H groups in total. The molecule has 0 saturated heterocycles. The standard InChI is InChI=1S/C47H32N3O.Pt/c1-31-23-24-34(42-29-35(32-13-4-2-5-14-32)30-44(49-42)40-18-9-11-22-46(40)51)27-41(31)43-28-33(25-26-48-43)37-19-12-20-39-38-17-8-10-21-45(38)50(47(37)39)36-15-6-3-7-16-36;/h2-26,28-30,51H,1H3;/q-1;. The molecule has 0 bridgehead atoms. The Balaban J connectivity index is 0.00000387. The van der Waals surface area contributed by atoms with Crippen LogP contribution < -0.4 is 0 Å². The predicted molar refractivity (Wildman–Crippen MR) is 209 cm³/mol. The molecule has 52 heavy (non-hydrogen) atoms. The van der Waals surface area contributed by atoms with Crippen molar-refractivity contribution in [3.05, 3.63) is 182 Å². The normalized spacial score (nSPS) is 11.1. The molecule has 0 aliphatic carbocycles. The third-order valence-corrected chi connectivity index (χ3v) is 9.58. The van der Waals surface area contributed by atoms with Gasteiger partial charge in [0.2, 0.25) is 0 Å². The van der Waals surface area contributed by atoms with Crippen molar-refractivity contribution in [2.24, 2.45) is 0 Å². The molecule has 9 aromatic rings. The van der Waals surface area contributed by atoms with Crippen LogP contribution in [0.25, 0.3) is 83.5 Å². The second-order valence-electron chi connectivity index (χ2n) is 12.8. The molecule has 0 radical (unpaired) electrons. The molecule has 0 amide bonds. The fourth-order valence-electron chi connectivity index (χ4n) is 7.11. The van der Waals surface area contributed by atoms with E-state index in [4.69, 9.17) is 9.97 Å². The molecule has 0 spiro atoms. The average molecular weight is 850 g/mol. The van der Waals surface area contributed by atoms with Crippen LogP contribution in [0.2, 0.25) is 0 Å². The zero-order valence-corrected chi connectivity index (χ0v) is 30.5. The fourth-order valence-corrected chi connectivity index (χ4v) is 7.11. The maximum absolute atomic E-state index is 10.8. The first-order valence-electron chi connectivity index (χ1n) is 17.1. The Kier molecular flexibility index (Phi) is 8.84. The summed E-state index contributed by atoms with van der Waals surface area (Å²) in [6.07, 6.45) is 1.89. The van der Waals surface area contributed by atoms with Gasteiger partial charge in [0.25, 0.3) is 0 Å². The Bertz CT molecular complexity index is 2720. The van der Waals surface area contributed by atoms with Gasteiger partial charge in [0.15, 0.2) is 0 Å². The van der Waals surface area contributed by atoms with E-state index in [1.807, 2.05) is 48.7 Å². The first-order chi connectivity index (χ1) is 25.1. The number of aromatic nitrogens is 3. The molecular formula is C47H32N3OPt-. The zero-order valence-electron chi connectivity index (χ0n) is 28.3. The first kappa shape index (κ1) is 33.1. The van der Waals surface area contributed by atoms with E-state index in [1.165, 1.54) is 16.3 Å². The summed E-state index contributed by atoms with van der Waals surface area (Å²) in [5.41, 5.74) is 13.6. The number of benzene rings is 6. The van der Waals surface area contributed by atoms with Gasteiger partial charge < -0.3 is 9.67 Å². The minimum absolute atomic E-state index is 0. The van der Waals surface area contributed by atoms with Crippen LogP contribution >= 0.6 is 0 Å². The number of aromatic hydroxyl groups is 1. The largest absolute Gasteiger partial charge is 0.507 e. The Morgan fingerprint density at radius 2 is 1.23 bits per heavy atom. The van der Waals surface area contributed by atoms with Crippen molar-refractivity contribution in [1.82, 2.24) is 14.5 Å². The van der Waals surface area contributed by atoms with Crippen LogP contribution in [0.4, 0.5) is 0 Å². The maximum Gasteiger partial charge on any atom is 0.124 e. The number of nitrogens with zero attached hydrogens (tertiary/aromatic N) is 3. The monoisotopic (exact) mass is 849 g/mol. The van der Waals surface area contributed by atoms with Crippen LogP contribution in [-0.2, 0) is 21.1 Å². The van der Waals surface area contributed by atoms with Crippen LogP contribution in [0.1, 0.15) is 5.56 Å². The number of phenols is 1. The molecule has 9 rings (SSSR count). The Hall–Kier alpha value is -6.09. The summed E-state index contributed by atoms with van der Waals surface area (Å²) in [5.74, 6) is 0.192. The number of phenolic OH excluding ortho intramolecular Hbond substituents is 1. The van der Waals surface area contributed by atoms with E-state index in [9.17, 15) is 5.11 Å². The second-order valence-corrected chi connectivity index (χ2v) is 12.8. The van der Waals surface area contributed by atoms with Gasteiger partial charge in [-0.1, -0.05) is 127 Å². The van der Waals surface area contributed by atoms with E-state index in [0.717, 1.165) is 61.5 Å². The first-order valence-corrected chi connectivity index (χ1v) is 17.1. The number of fused-ring (bicyclic) bond motifs is 3. The molecule has 5 heteroatoms. The minimum atomic E-state index is 0. The van der Waals surface area contributed by atoms with E-state index in [2.05, 4.69) is 133 Å². The number of hydrogen-bond donors (Lipinski definition) is 1. The molecule has 3 aromatic heterocycles. The molecule has 0 fully saturated rings. The number of aryl methyl sites for hydroxylation is 1. The van der Waals surface area contributed by atoms with Gasteiger partial charge in [-0.3, -0.25) is 9.97 Å². The summed E-state index contributed by atoms with van der Waals surface area (Å²) in [5, 5.41) is 13.2. The fraction of sp³-hybridized carbons (Fsp3) is 0.0213. The summed E-state index contributed by atoms with van der Waals surface area (Å²) in [6.45, 7) is 2.10. The molecule has 4 nitrogen and oxygen atoms in total. The van der Waals surface area contributed by atoms with Gasteiger partial charge in [-0.15, -0.1) is 23.8 Å². The molecule has 6 aromatic carbocycles. The van der Waals surface area contributed by atoms with Gasteiger partial charge in [-0.05, 0) is 59.2 Å². The van der Waals surface area contributed by atoms with Crippen molar-refractivity contribution in [1.29, 1.82) is 0 Å². The Morgan fingerprint density at radius 3 is 2.06 bits per heavy atom. The van der Waals surface area contributed by atoms with Gasteiger partial charge in [0, 0.05) is 66.2 Å². The van der Waals surface area contributed by atoms with Crippen molar-refractivity contribution < 1.29 is 26.2 Å². The molecule has 3 heterocycles. The summed E-state index contributed by atoms with van der Waals surface area (Å²) in [7, 11) is 0. The number of hydrogen-bond acceptors (Lipinski definition) is 3. The molecule has 0 saturated carbocycles. The third-order valence-electron chi connectivity index (χ3n) is 9.58. The van der Waals surface area contributed by atoms with Gasteiger partial charge in [-0.25, -0.2) is 0 Å². The van der Waals surface area contributed by atoms with E-state index >= 15 is 0 Å². The van der Waals surface area contributed by atoms with Crippen LogP contribution in [0.3, 0.4) is 0 Å². The van der Waals surface area contributed by atoms with E-state index in [0.29, 0.717) is 11.3 Å². The average Bonchev–Trinajstić information content (AvgIpc) is 3.53. The summed E-state index contributed by atoms with van der Waals surface area (Å²) >= 11 is 0. The van der Waals surface area contributed by atoms with Gasteiger partial charge in [0.1, 0.15) is 5.75 Å². The Morgan fingerprint density at radius 1 is 0.558 bits per heavy atom. The SMILES string of the molecule is Cc1ccc(-c2cc(-c3ccccc3)cc(-c3ccccc3O)n2)[c-]c1-c1cc(-c2cccc3c4ccccc4n(-c4ccccc4)c23)ccn1.[Pt]. The van der Waals surface area contributed by atoms with Crippen molar-refractivity contribution in [3.63, 3.8) is 0 Å². The number of para-hydroxylation sites is 4. The smallest absolute Gasteiger partial charge is 0.124 e. The third kappa shape index (κ3) is 5.91. The maximum atomic E-state index is 10.8. The molecule has 0 unspecified atom stereocenters. The number of rotatable bonds is 6. The van der Waals surface area contributed by atoms with Gasteiger partial charge >= 0.3 is 0 Å². The quantitative estimate of drug-likeness (QED) is 0.170. The molecule has 252 valence electrons. The van der Waals surface area contributed by atoms with Gasteiger partial charge in [-0.2, -0.15) is 0 Å². The summed E-state index contributed by atoms with van der Waals surface area (Å²) in [6, 6.07) is 59.6. The van der Waals surface area contributed by atoms with Crippen molar-refractivity contribution in [3.8, 4) is 67.5 Å². The predicted octanol–water partition coefficient (Wildman–Crippen LogP) is 11.7. The van der Waals surface area contributed by atoms with Crippen LogP contribution in [0.15, 0.2) is 170 Å². The minimum Gasteiger partial charge on any atom is -0.507 e. The van der Waals surface area contributed by atoms with Crippen LogP contribution in [-0.4, -0.2) is 19.6 Å². The van der Waals surface area contributed by atoms with E-state index < -0.39 is 0 Å². The molecule has 0 atom stereocenters. The number of pyridine rings is 2.